The Hall–Kier alpha value is -1.17. The lowest BCUT2D eigenvalue weighted by Crippen LogP contribution is -2.61. The molecule has 0 aromatic heterocycles. The number of aliphatic hydroxyl groups is 4. The van der Waals surface area contributed by atoms with Gasteiger partial charge in [-0.05, 0) is 102 Å². The van der Waals surface area contributed by atoms with E-state index in [1.807, 2.05) is 0 Å². The highest BCUT2D eigenvalue weighted by Gasteiger charge is 2.73. The summed E-state index contributed by atoms with van der Waals surface area (Å²) in [6, 6.07) is -5.73. The van der Waals surface area contributed by atoms with E-state index in [1.165, 1.54) is 0 Å². The highest BCUT2D eigenvalue weighted by molar-refractivity contribution is 6.88. The Labute approximate surface area is 355 Å². The van der Waals surface area contributed by atoms with Crippen molar-refractivity contribution in [2.24, 2.45) is 0 Å². The van der Waals surface area contributed by atoms with Gasteiger partial charge in [0.15, 0.2) is 0 Å². The highest BCUT2D eigenvalue weighted by atomic mass is 28.5. The van der Waals surface area contributed by atoms with Crippen molar-refractivity contribution >= 4 is 34.2 Å². The summed E-state index contributed by atoms with van der Waals surface area (Å²) < 4.78 is 337. The molecular weight excluding hydrogens is 1050 g/mol. The zero-order chi connectivity index (χ0) is 52.6. The van der Waals surface area contributed by atoms with E-state index in [9.17, 15) is 135 Å². The van der Waals surface area contributed by atoms with Crippen LogP contribution in [0, 0.1) is 0 Å². The maximum Gasteiger partial charge on any atom is 0.426 e. The van der Waals surface area contributed by atoms with E-state index in [0.29, 0.717) is 26.2 Å². The monoisotopic (exact) mass is 1090 g/mol. The third-order valence-electron chi connectivity index (χ3n) is 9.75. The standard InChI is InChI=1S/C28H42F24O9Si4/c1-62(57,13-5-9-17(53,21(29,30)31)22(32,33)34)59-64(3,15-7-11-19(55,25(41,42)43)26(44,45)46)61-65(4,16-8-12-20(56,27(47,48)49)28(50,51)52)60-63(2,58)14-6-10-18(54,23(35,36)37)24(38,39)40/h53-58H,5-16H2,1-4H3. The van der Waals surface area contributed by atoms with Gasteiger partial charge in [0.1, 0.15) is 0 Å². The lowest BCUT2D eigenvalue weighted by atomic mass is 9.97. The first kappa shape index (κ1) is 63.8. The lowest BCUT2D eigenvalue weighted by molar-refractivity contribution is -0.370. The van der Waals surface area contributed by atoms with Crippen molar-refractivity contribution in [3.8, 4) is 0 Å². The molecule has 37 heteroatoms. The van der Waals surface area contributed by atoms with Gasteiger partial charge in [-0.3, -0.25) is 0 Å². The zero-order valence-electron chi connectivity index (χ0n) is 33.5. The third-order valence-corrected chi connectivity index (χ3v) is 25.3. The molecule has 65 heavy (non-hydrogen) atoms. The van der Waals surface area contributed by atoms with Gasteiger partial charge >= 0.3 is 83.7 Å². The number of alkyl halides is 24. The molecule has 0 amide bonds. The van der Waals surface area contributed by atoms with Crippen LogP contribution in [0.1, 0.15) is 51.4 Å². The molecule has 0 spiro atoms. The summed E-state index contributed by atoms with van der Waals surface area (Å²) >= 11 is 0. The minimum Gasteiger partial charge on any atom is -0.416 e. The Morgan fingerprint density at radius 3 is 0.600 bits per heavy atom. The molecule has 0 saturated carbocycles. The summed E-state index contributed by atoms with van der Waals surface area (Å²) in [6.45, 7) is 1.94. The first-order valence-corrected chi connectivity index (χ1v) is 28.1. The van der Waals surface area contributed by atoms with Gasteiger partial charge in [-0.1, -0.05) is 0 Å². The second-order valence-corrected chi connectivity index (χ2v) is 29.4. The molecule has 0 heterocycles. The summed E-state index contributed by atoms with van der Waals surface area (Å²) in [4.78, 5) is 22.1. The van der Waals surface area contributed by atoms with Crippen molar-refractivity contribution in [1.29, 1.82) is 0 Å². The molecule has 4 unspecified atom stereocenters. The van der Waals surface area contributed by atoms with E-state index >= 15 is 0 Å². The minimum atomic E-state index is -6.55. The third kappa shape index (κ3) is 15.9. The van der Waals surface area contributed by atoms with Crippen molar-refractivity contribution in [3.05, 3.63) is 0 Å². The van der Waals surface area contributed by atoms with Crippen LogP contribution in [-0.4, -0.2) is 136 Å². The lowest BCUT2D eigenvalue weighted by Gasteiger charge is -2.43. The molecule has 0 rings (SSSR count). The largest absolute Gasteiger partial charge is 0.426 e. The van der Waals surface area contributed by atoms with Crippen LogP contribution < -0.4 is 0 Å². The molecule has 0 aromatic carbocycles. The molecule has 0 aliphatic rings. The Kier molecular flexibility index (Phi) is 19.6. The molecule has 392 valence electrons. The molecule has 0 aliphatic carbocycles. The molecule has 9 nitrogen and oxygen atoms in total. The summed E-state index contributed by atoms with van der Waals surface area (Å²) in [5.74, 6) is 0. The summed E-state index contributed by atoms with van der Waals surface area (Å²) in [7, 11) is -21.0. The van der Waals surface area contributed by atoms with Crippen LogP contribution in [0.25, 0.3) is 0 Å². The molecular formula is C28H42F24O9Si4. The van der Waals surface area contributed by atoms with E-state index in [-0.39, 0.29) is 0 Å². The average molecular weight is 1090 g/mol. The van der Waals surface area contributed by atoms with Gasteiger partial charge in [0.2, 0.25) is 0 Å². The van der Waals surface area contributed by atoms with Gasteiger partial charge in [0.25, 0.3) is 22.4 Å². The van der Waals surface area contributed by atoms with Crippen LogP contribution in [0.15, 0.2) is 0 Å². The number of hydrogen-bond donors (Lipinski definition) is 6. The van der Waals surface area contributed by atoms with Crippen LogP contribution in [0.3, 0.4) is 0 Å². The first-order valence-electron chi connectivity index (χ1n) is 17.9. The van der Waals surface area contributed by atoms with Gasteiger partial charge in [-0.25, -0.2) is 0 Å². The molecule has 0 saturated heterocycles. The quantitative estimate of drug-likeness (QED) is 0.0461. The van der Waals surface area contributed by atoms with Gasteiger partial charge in [-0.15, -0.1) is 0 Å². The van der Waals surface area contributed by atoms with E-state index in [4.69, 9.17) is 12.3 Å². The average Bonchev–Trinajstić information content (AvgIpc) is 2.99. The van der Waals surface area contributed by atoms with Crippen molar-refractivity contribution in [1.82, 2.24) is 0 Å². The van der Waals surface area contributed by atoms with Crippen LogP contribution in [-0.2, 0) is 12.3 Å². The summed E-state index contributed by atoms with van der Waals surface area (Å²) in [5.41, 5.74) is -22.2. The molecule has 6 N–H and O–H groups in total. The SMILES string of the molecule is C[Si](O)(CCCC(O)(C(F)(F)F)C(F)(F)F)O[Si](C)(CCCC(O)(C(F)(F)F)C(F)(F)F)O[Si](C)(CCCC(O)(C(F)(F)F)C(F)(F)F)O[Si](C)(O)CCCC(O)(C(F)(F)F)C(F)(F)F. The Balaban J connectivity index is 7.47. The van der Waals surface area contributed by atoms with E-state index in [0.717, 1.165) is 0 Å². The molecule has 4 atom stereocenters. The minimum absolute atomic E-state index is 0.476. The maximum absolute atomic E-state index is 13.5. The Morgan fingerprint density at radius 1 is 0.292 bits per heavy atom. The molecule has 0 bridgehead atoms. The Morgan fingerprint density at radius 2 is 0.446 bits per heavy atom. The van der Waals surface area contributed by atoms with Crippen LogP contribution in [0.4, 0.5) is 105 Å². The van der Waals surface area contributed by atoms with Crippen molar-refractivity contribution < 1.29 is 148 Å². The maximum atomic E-state index is 13.5. The van der Waals surface area contributed by atoms with Crippen molar-refractivity contribution in [2.45, 2.75) is 174 Å². The second kappa shape index (κ2) is 19.9. The number of halogens is 24. The van der Waals surface area contributed by atoms with Gasteiger partial charge < -0.3 is 42.4 Å². The zero-order valence-corrected chi connectivity index (χ0v) is 37.5. The van der Waals surface area contributed by atoms with Gasteiger partial charge in [-0.2, -0.15) is 105 Å². The van der Waals surface area contributed by atoms with E-state index < -0.39 is 182 Å². The van der Waals surface area contributed by atoms with Crippen LogP contribution in [0.2, 0.25) is 50.4 Å². The highest BCUT2D eigenvalue weighted by Crippen LogP contribution is 2.51. The van der Waals surface area contributed by atoms with Crippen LogP contribution >= 0.6 is 0 Å². The number of rotatable bonds is 22. The molecule has 0 fully saturated rings. The van der Waals surface area contributed by atoms with Crippen molar-refractivity contribution in [2.75, 3.05) is 0 Å². The predicted octanol–water partition coefficient (Wildman–Crippen LogP) is 9.85. The molecule has 0 aromatic rings. The van der Waals surface area contributed by atoms with Crippen LogP contribution in [0.5, 0.6) is 0 Å². The summed E-state index contributed by atoms with van der Waals surface area (Å²) in [5, 5.41) is 38.1. The molecule has 0 radical (unpaired) electrons. The smallest absolute Gasteiger partial charge is 0.416 e. The fourth-order valence-corrected chi connectivity index (χ4v) is 24.1. The number of hydrogen-bond acceptors (Lipinski definition) is 9. The Bertz CT molecular complexity index is 1360. The van der Waals surface area contributed by atoms with Gasteiger partial charge in [0, 0.05) is 0 Å². The van der Waals surface area contributed by atoms with Crippen molar-refractivity contribution in [3.63, 3.8) is 0 Å². The van der Waals surface area contributed by atoms with E-state index in [2.05, 4.69) is 0 Å². The fraction of sp³-hybridized carbons (Fsp3) is 1.00. The predicted molar refractivity (Wildman–Crippen MR) is 179 cm³/mol. The van der Waals surface area contributed by atoms with Gasteiger partial charge in [0.05, 0.1) is 0 Å². The second-order valence-electron chi connectivity index (χ2n) is 15.8. The molecule has 0 aliphatic heterocycles. The summed E-state index contributed by atoms with van der Waals surface area (Å²) in [6.07, 6.45) is -67.9. The first-order chi connectivity index (χ1) is 27.9. The topological polar surface area (TPSA) is 149 Å². The fourth-order valence-electron chi connectivity index (χ4n) is 6.19. The normalized spacial score (nSPS) is 19.1. The van der Waals surface area contributed by atoms with E-state index in [1.54, 1.807) is 0 Å².